The molecule has 4 aliphatic heterocycles. The van der Waals surface area contributed by atoms with Gasteiger partial charge in [0, 0.05) is 49.4 Å². The Bertz CT molecular complexity index is 5010. The van der Waals surface area contributed by atoms with E-state index < -0.39 is 16.6 Å². The van der Waals surface area contributed by atoms with E-state index in [1.54, 1.807) is 37.7 Å². The Hall–Kier alpha value is -8.50. The zero-order valence-electron chi connectivity index (χ0n) is 58.6. The van der Waals surface area contributed by atoms with Gasteiger partial charge in [0.25, 0.3) is 0 Å². The van der Waals surface area contributed by atoms with Crippen LogP contribution in [0.15, 0.2) is 186 Å². The lowest BCUT2D eigenvalue weighted by Gasteiger charge is -2.47. The van der Waals surface area contributed by atoms with Crippen LogP contribution in [-0.2, 0) is 16.4 Å². The number of hydrogen-bond acceptors (Lipinski definition) is 9. The molecular formula is C90H86O7S2. The van der Waals surface area contributed by atoms with Crippen LogP contribution in [0.1, 0.15) is 194 Å². The number of thioether (sulfide) groups is 2. The van der Waals surface area contributed by atoms with E-state index in [-0.39, 0.29) is 15.8 Å². The van der Waals surface area contributed by atoms with E-state index >= 15 is 0 Å². The summed E-state index contributed by atoms with van der Waals surface area (Å²) in [5, 5.41) is 4.61. The third-order valence-corrected chi connectivity index (χ3v) is 27.3. The fraction of sp³-hybridized carbons (Fsp3) is 0.333. The van der Waals surface area contributed by atoms with Crippen molar-refractivity contribution in [1.29, 1.82) is 0 Å². The van der Waals surface area contributed by atoms with Crippen molar-refractivity contribution in [2.45, 2.75) is 175 Å². The van der Waals surface area contributed by atoms with Crippen LogP contribution in [0.25, 0.3) is 61.5 Å². The average Bonchev–Trinajstić information content (AvgIpc) is 1.56. The number of rotatable bonds is 12. The summed E-state index contributed by atoms with van der Waals surface area (Å²) < 4.78 is 47.8. The van der Waals surface area contributed by atoms with E-state index in [1.807, 2.05) is 12.1 Å². The zero-order valence-corrected chi connectivity index (χ0v) is 60.3. The molecule has 9 heteroatoms. The normalized spacial score (nSPS) is 21.2. The Balaban J connectivity index is 0.738. The molecule has 4 aliphatic carbocycles. The zero-order chi connectivity index (χ0) is 67.6. The van der Waals surface area contributed by atoms with Gasteiger partial charge in [-0.15, -0.1) is 0 Å². The molecule has 2 saturated carbocycles. The molecule has 500 valence electrons. The largest absolute Gasteiger partial charge is 0.497 e. The molecule has 0 amide bonds. The Kier molecular flexibility index (Phi) is 14.4. The summed E-state index contributed by atoms with van der Waals surface area (Å²) in [6.07, 6.45) is 20.7. The van der Waals surface area contributed by atoms with Gasteiger partial charge in [0.05, 0.1) is 24.0 Å². The second kappa shape index (κ2) is 22.8. The molecule has 8 aliphatic rings. The van der Waals surface area contributed by atoms with Crippen LogP contribution in [0.5, 0.6) is 46.0 Å². The van der Waals surface area contributed by atoms with Crippen LogP contribution >= 0.6 is 23.5 Å². The number of hydrogen-bond donors (Lipinski definition) is 0. The smallest absolute Gasteiger partial charge is 0.178 e. The van der Waals surface area contributed by atoms with Crippen LogP contribution in [0.2, 0.25) is 0 Å². The first-order valence-electron chi connectivity index (χ1n) is 36.3. The molecule has 7 nitrogen and oxygen atoms in total. The van der Waals surface area contributed by atoms with Gasteiger partial charge in [-0.05, 0) is 241 Å². The molecule has 2 unspecified atom stereocenters. The van der Waals surface area contributed by atoms with Crippen LogP contribution in [0.4, 0.5) is 0 Å². The summed E-state index contributed by atoms with van der Waals surface area (Å²) >= 11 is 3.56. The maximum atomic E-state index is 8.03. The van der Waals surface area contributed by atoms with Crippen LogP contribution < -0.4 is 33.2 Å². The van der Waals surface area contributed by atoms with Gasteiger partial charge < -0.3 is 33.2 Å². The lowest BCUT2D eigenvalue weighted by molar-refractivity contribution is 0.132. The standard InChI is InChI=1S/C90H86O7S2/c1-11-86(12-2)41-45-88(46-42-86)71-21-17-15-19-62(71)77-67-51-74-76(99-85(7,8)96-74)53-69(67)83-64(79(77)88)39-40-90(97-83,56-27-35-59(92-10)36-28-56)57-29-37-61(38-30-57)93-60-33-23-54(24-34-60)65-49-70-80-78(63-20-16-18-22-72(63)89(80)47-43-87(13-3,14-4)44-48-89)66-50-73-75(98-84(5,6)95-73)52-68(66)82(70)94-81(65)55-25-31-58(91-9)32-26-55/h15-40,49-53,81H,11-14,41-48H2,1-10H3. The highest BCUT2D eigenvalue weighted by atomic mass is 32.2. The summed E-state index contributed by atoms with van der Waals surface area (Å²) in [5.41, 5.74) is 18.0. The highest BCUT2D eigenvalue weighted by Crippen LogP contribution is 2.68. The summed E-state index contributed by atoms with van der Waals surface area (Å²) in [7, 11) is 3.45. The minimum absolute atomic E-state index is 0.159. The first kappa shape index (κ1) is 62.7. The fourth-order valence-electron chi connectivity index (χ4n) is 19.4. The molecule has 0 saturated heterocycles. The Morgan fingerprint density at radius 1 is 0.455 bits per heavy atom. The van der Waals surface area contributed by atoms with Crippen molar-refractivity contribution in [2.24, 2.45) is 10.8 Å². The maximum absolute atomic E-state index is 8.03. The van der Waals surface area contributed by atoms with Crippen molar-refractivity contribution >= 4 is 62.8 Å². The summed E-state index contributed by atoms with van der Waals surface area (Å²) in [4.78, 5) is 1.48. The van der Waals surface area contributed by atoms with E-state index in [0.717, 1.165) is 120 Å². The molecule has 2 spiro atoms. The summed E-state index contributed by atoms with van der Waals surface area (Å²) in [6, 6.07) is 62.0. The Morgan fingerprint density at radius 3 is 1.38 bits per heavy atom. The topological polar surface area (TPSA) is 64.6 Å². The predicted octanol–water partition coefficient (Wildman–Crippen LogP) is 24.6. The second-order valence-corrected chi connectivity index (χ2v) is 33.7. The van der Waals surface area contributed by atoms with Gasteiger partial charge >= 0.3 is 0 Å². The minimum Gasteiger partial charge on any atom is -0.497 e. The van der Waals surface area contributed by atoms with E-state index in [1.165, 1.54) is 118 Å². The Labute approximate surface area is 591 Å². The van der Waals surface area contributed by atoms with E-state index in [9.17, 15) is 0 Å². The molecular weight excluding hydrogens is 1260 g/mol. The molecule has 0 bridgehead atoms. The third kappa shape index (κ3) is 9.50. The number of methoxy groups -OCH3 is 2. The number of ether oxygens (including phenoxy) is 7. The molecule has 0 N–H and O–H groups in total. The monoisotopic (exact) mass is 1340 g/mol. The van der Waals surface area contributed by atoms with Crippen molar-refractivity contribution in [3.63, 3.8) is 0 Å². The van der Waals surface area contributed by atoms with Crippen LogP contribution in [0.3, 0.4) is 0 Å². The van der Waals surface area contributed by atoms with Gasteiger partial charge in [0.2, 0.25) is 0 Å². The first-order valence-corrected chi connectivity index (χ1v) is 37.9. The maximum Gasteiger partial charge on any atom is 0.178 e. The number of fused-ring (bicyclic) bond motifs is 22. The van der Waals surface area contributed by atoms with Crippen molar-refractivity contribution in [3.05, 3.63) is 232 Å². The highest BCUT2D eigenvalue weighted by Gasteiger charge is 2.54. The Morgan fingerprint density at radius 2 is 0.899 bits per heavy atom. The second-order valence-electron chi connectivity index (χ2n) is 30.5. The van der Waals surface area contributed by atoms with Crippen molar-refractivity contribution < 1.29 is 33.2 Å². The van der Waals surface area contributed by atoms with Gasteiger partial charge in [-0.3, -0.25) is 0 Å². The van der Waals surface area contributed by atoms with E-state index in [2.05, 4.69) is 231 Å². The molecule has 0 aromatic heterocycles. The molecule has 0 radical (unpaired) electrons. The molecule has 4 heterocycles. The number of benzene rings is 10. The van der Waals surface area contributed by atoms with Gasteiger partial charge in [-0.25, -0.2) is 0 Å². The van der Waals surface area contributed by atoms with E-state index in [0.29, 0.717) is 10.8 Å². The fourth-order valence-corrected chi connectivity index (χ4v) is 21.4. The SMILES string of the molecule is CCC1(CC)CCC2(CC1)c1ccccc1-c1c2c2c(c3cc4c(cc13)OC(C)(C)S4)OC(c1ccc(OC)cc1)C(c1ccc(Oc3ccc(C4(c5ccc(OC)cc5)C=Cc5c6c(c7cc8c(cc7c5O4)SC(C)(C)O8)-c4ccccc4C64CCC(CC)(CC)CC4)cc3)cc1)=C2. The summed E-state index contributed by atoms with van der Waals surface area (Å²) in [5.74, 6) is 6.79. The van der Waals surface area contributed by atoms with Crippen molar-refractivity contribution in [1.82, 2.24) is 0 Å². The summed E-state index contributed by atoms with van der Waals surface area (Å²) in [6.45, 7) is 18.3. The van der Waals surface area contributed by atoms with E-state index in [4.69, 9.17) is 33.2 Å². The third-order valence-electron chi connectivity index (χ3n) is 25.1. The van der Waals surface area contributed by atoms with Gasteiger partial charge in [0.15, 0.2) is 15.5 Å². The quantitative estimate of drug-likeness (QED) is 0.119. The minimum atomic E-state index is -1.02. The lowest BCUT2D eigenvalue weighted by atomic mass is 9.58. The van der Waals surface area contributed by atoms with Crippen molar-refractivity contribution in [3.8, 4) is 68.2 Å². The lowest BCUT2D eigenvalue weighted by Crippen LogP contribution is -2.38. The molecule has 99 heavy (non-hydrogen) atoms. The first-order chi connectivity index (χ1) is 48.0. The van der Waals surface area contributed by atoms with Gasteiger partial charge in [0.1, 0.15) is 52.1 Å². The average molecular weight is 1340 g/mol. The predicted molar refractivity (Wildman–Crippen MR) is 405 cm³/mol. The van der Waals surface area contributed by atoms with Crippen LogP contribution in [-0.4, -0.2) is 24.1 Å². The molecule has 2 fully saturated rings. The molecule has 10 aromatic carbocycles. The van der Waals surface area contributed by atoms with Gasteiger partial charge in [-0.1, -0.05) is 180 Å². The molecule has 18 rings (SSSR count). The molecule has 10 aromatic rings. The molecule has 2 atom stereocenters. The van der Waals surface area contributed by atoms with Gasteiger partial charge in [-0.2, -0.15) is 0 Å². The van der Waals surface area contributed by atoms with Crippen molar-refractivity contribution in [2.75, 3.05) is 14.2 Å². The van der Waals surface area contributed by atoms with Crippen LogP contribution in [0, 0.1) is 10.8 Å². The highest BCUT2D eigenvalue weighted by molar-refractivity contribution is 8.01.